The molecule has 2 amide bonds. The number of anilines is 2. The number of thioether (sulfide) groups is 1. The van der Waals surface area contributed by atoms with Crippen molar-refractivity contribution in [1.82, 2.24) is 0 Å². The number of hydrogen-bond donors (Lipinski definition) is 2. The zero-order chi connectivity index (χ0) is 18.8. The molecule has 26 heavy (non-hydrogen) atoms. The molecule has 1 aliphatic rings. The van der Waals surface area contributed by atoms with E-state index in [2.05, 4.69) is 10.6 Å². The van der Waals surface area contributed by atoms with Gasteiger partial charge in [-0.2, -0.15) is 0 Å². The minimum Gasteiger partial charge on any atom is -0.465 e. The molecule has 0 radical (unpaired) electrons. The zero-order valence-electron chi connectivity index (χ0n) is 14.5. The minimum absolute atomic E-state index is 0.0153. The van der Waals surface area contributed by atoms with Crippen LogP contribution in [0.3, 0.4) is 0 Å². The van der Waals surface area contributed by atoms with Gasteiger partial charge in [0.2, 0.25) is 11.8 Å². The summed E-state index contributed by atoms with van der Waals surface area (Å²) in [6.07, 6.45) is 0.0153. The van der Waals surface area contributed by atoms with Gasteiger partial charge in [-0.1, -0.05) is 12.1 Å². The Balaban J connectivity index is 1.73. The van der Waals surface area contributed by atoms with Crippen molar-refractivity contribution in [3.8, 4) is 0 Å². The van der Waals surface area contributed by atoms with E-state index in [1.54, 1.807) is 0 Å². The summed E-state index contributed by atoms with van der Waals surface area (Å²) in [5, 5.41) is 5.52. The maximum absolute atomic E-state index is 12.5. The van der Waals surface area contributed by atoms with Crippen LogP contribution in [0.1, 0.15) is 27.2 Å². The van der Waals surface area contributed by atoms with E-state index >= 15 is 0 Å². The molecule has 2 aromatic rings. The number of esters is 1. The molecule has 6 nitrogen and oxygen atoms in total. The molecule has 0 saturated heterocycles. The molecule has 0 fully saturated rings. The molecule has 8 heteroatoms. The first-order chi connectivity index (χ1) is 12.4. The molecule has 0 bridgehead atoms. The van der Waals surface area contributed by atoms with E-state index in [0.717, 1.165) is 21.0 Å². The molecule has 0 spiro atoms. The Morgan fingerprint density at radius 1 is 1.27 bits per heavy atom. The molecule has 1 aromatic carbocycles. The Kier molecular flexibility index (Phi) is 5.33. The third kappa shape index (κ3) is 3.61. The van der Waals surface area contributed by atoms with Gasteiger partial charge in [0.1, 0.15) is 5.00 Å². The molecule has 2 heterocycles. The number of rotatable bonds is 4. The second-order valence-electron chi connectivity index (χ2n) is 5.82. The average molecular weight is 390 g/mol. The summed E-state index contributed by atoms with van der Waals surface area (Å²) in [6, 6.07) is 7.48. The maximum Gasteiger partial charge on any atom is 0.341 e. The number of hydrogen-bond acceptors (Lipinski definition) is 6. The number of para-hydroxylation sites is 1. The van der Waals surface area contributed by atoms with E-state index in [4.69, 9.17) is 4.74 Å². The topological polar surface area (TPSA) is 84.5 Å². The number of thiophene rings is 1. The highest BCUT2D eigenvalue weighted by Crippen LogP contribution is 2.37. The average Bonchev–Trinajstić information content (AvgIpc) is 2.88. The van der Waals surface area contributed by atoms with Crippen molar-refractivity contribution < 1.29 is 19.1 Å². The van der Waals surface area contributed by atoms with Crippen LogP contribution in [-0.4, -0.2) is 30.1 Å². The Morgan fingerprint density at radius 3 is 2.73 bits per heavy atom. The SMILES string of the molecule is COC(=O)c1c(NC(=O)C[C@@H]2Sc3ccccc3NC2=O)sc(C)c1C. The predicted octanol–water partition coefficient (Wildman–Crippen LogP) is 3.59. The van der Waals surface area contributed by atoms with Crippen LogP contribution in [0.15, 0.2) is 29.2 Å². The third-order valence-electron chi connectivity index (χ3n) is 4.11. The molecular formula is C18H18N2O4S2. The monoisotopic (exact) mass is 390 g/mol. The van der Waals surface area contributed by atoms with Gasteiger partial charge in [0.15, 0.2) is 0 Å². The molecule has 1 aliphatic heterocycles. The number of ether oxygens (including phenoxy) is 1. The number of nitrogens with one attached hydrogen (secondary N) is 2. The maximum atomic E-state index is 12.5. The van der Waals surface area contributed by atoms with Gasteiger partial charge in [0.05, 0.1) is 23.6 Å². The summed E-state index contributed by atoms with van der Waals surface area (Å²) in [7, 11) is 1.31. The zero-order valence-corrected chi connectivity index (χ0v) is 16.2. The van der Waals surface area contributed by atoms with Crippen molar-refractivity contribution in [3.63, 3.8) is 0 Å². The number of carbonyl (C=O) groups excluding carboxylic acids is 3. The fourth-order valence-corrected chi connectivity index (χ4v) is 4.81. The van der Waals surface area contributed by atoms with Crippen LogP contribution in [0.5, 0.6) is 0 Å². The molecule has 0 aliphatic carbocycles. The number of amides is 2. The number of aryl methyl sites for hydroxylation is 1. The van der Waals surface area contributed by atoms with Crippen molar-refractivity contribution in [2.45, 2.75) is 30.4 Å². The number of benzene rings is 1. The summed E-state index contributed by atoms with van der Waals surface area (Å²) in [6.45, 7) is 3.69. The fourth-order valence-electron chi connectivity index (χ4n) is 2.64. The van der Waals surface area contributed by atoms with E-state index in [9.17, 15) is 14.4 Å². The first-order valence-electron chi connectivity index (χ1n) is 7.95. The highest BCUT2D eigenvalue weighted by Gasteiger charge is 2.30. The van der Waals surface area contributed by atoms with Crippen molar-refractivity contribution in [2.75, 3.05) is 17.7 Å². The Bertz CT molecular complexity index is 891. The Hall–Kier alpha value is -2.32. The van der Waals surface area contributed by atoms with Crippen LogP contribution in [0, 0.1) is 13.8 Å². The lowest BCUT2D eigenvalue weighted by molar-refractivity contribution is -0.120. The van der Waals surface area contributed by atoms with Gasteiger partial charge in [-0.25, -0.2) is 4.79 Å². The van der Waals surface area contributed by atoms with Crippen LogP contribution in [0.2, 0.25) is 0 Å². The van der Waals surface area contributed by atoms with E-state index in [1.165, 1.54) is 30.2 Å². The van der Waals surface area contributed by atoms with Gasteiger partial charge >= 0.3 is 5.97 Å². The predicted molar refractivity (Wildman–Crippen MR) is 103 cm³/mol. The molecule has 0 unspecified atom stereocenters. The summed E-state index contributed by atoms with van der Waals surface area (Å²) in [4.78, 5) is 38.6. The molecule has 136 valence electrons. The third-order valence-corrected chi connectivity index (χ3v) is 6.50. The van der Waals surface area contributed by atoms with E-state index < -0.39 is 11.2 Å². The number of carbonyl (C=O) groups is 3. The molecular weight excluding hydrogens is 372 g/mol. The van der Waals surface area contributed by atoms with Crippen LogP contribution < -0.4 is 10.6 Å². The fraction of sp³-hybridized carbons (Fsp3) is 0.278. The van der Waals surface area contributed by atoms with Gasteiger partial charge in [-0.05, 0) is 31.5 Å². The summed E-state index contributed by atoms with van der Waals surface area (Å²) < 4.78 is 4.81. The normalized spacial score (nSPS) is 15.8. The summed E-state index contributed by atoms with van der Waals surface area (Å²) in [5.74, 6) is -1.00. The lowest BCUT2D eigenvalue weighted by Gasteiger charge is -2.23. The largest absolute Gasteiger partial charge is 0.465 e. The second kappa shape index (κ2) is 7.51. The van der Waals surface area contributed by atoms with Crippen LogP contribution in [0.25, 0.3) is 0 Å². The lowest BCUT2D eigenvalue weighted by atomic mass is 10.1. The van der Waals surface area contributed by atoms with Gasteiger partial charge in [0.25, 0.3) is 0 Å². The Morgan fingerprint density at radius 2 is 2.00 bits per heavy atom. The van der Waals surface area contributed by atoms with Crippen molar-refractivity contribution in [1.29, 1.82) is 0 Å². The van der Waals surface area contributed by atoms with Gasteiger partial charge in [-0.3, -0.25) is 9.59 Å². The summed E-state index contributed by atoms with van der Waals surface area (Å²) in [5.41, 5.74) is 1.92. The number of methoxy groups -OCH3 is 1. The van der Waals surface area contributed by atoms with Crippen molar-refractivity contribution >= 4 is 51.6 Å². The van der Waals surface area contributed by atoms with Crippen LogP contribution in [0.4, 0.5) is 10.7 Å². The highest BCUT2D eigenvalue weighted by atomic mass is 32.2. The van der Waals surface area contributed by atoms with Gasteiger partial charge in [0, 0.05) is 16.2 Å². The highest BCUT2D eigenvalue weighted by molar-refractivity contribution is 8.01. The van der Waals surface area contributed by atoms with E-state index in [0.29, 0.717) is 10.6 Å². The quantitative estimate of drug-likeness (QED) is 0.780. The molecule has 3 rings (SSSR count). The number of fused-ring (bicyclic) bond motifs is 1. The van der Waals surface area contributed by atoms with E-state index in [-0.39, 0.29) is 18.2 Å². The lowest BCUT2D eigenvalue weighted by Crippen LogP contribution is -2.32. The first kappa shape index (κ1) is 18.5. The van der Waals surface area contributed by atoms with E-state index in [1.807, 2.05) is 38.1 Å². The standard InChI is InChI=1S/C18H18N2O4S2/c1-9-10(2)25-17(15(9)18(23)24-3)20-14(21)8-13-16(22)19-11-6-4-5-7-12(11)26-13/h4-7,13H,8H2,1-3H3,(H,19,22)(H,20,21)/t13-/m0/s1. The first-order valence-corrected chi connectivity index (χ1v) is 9.65. The smallest absolute Gasteiger partial charge is 0.341 e. The Labute approximate surface area is 159 Å². The molecule has 1 aromatic heterocycles. The van der Waals surface area contributed by atoms with Crippen molar-refractivity contribution in [3.05, 3.63) is 40.3 Å². The van der Waals surface area contributed by atoms with Crippen molar-refractivity contribution in [2.24, 2.45) is 0 Å². The molecule has 0 saturated carbocycles. The van der Waals surface area contributed by atoms with Crippen LogP contribution in [-0.2, 0) is 14.3 Å². The van der Waals surface area contributed by atoms with Gasteiger partial charge in [-0.15, -0.1) is 23.1 Å². The van der Waals surface area contributed by atoms with Crippen LogP contribution >= 0.6 is 23.1 Å². The molecule has 2 N–H and O–H groups in total. The second-order valence-corrected chi connectivity index (χ2v) is 8.29. The molecule has 1 atom stereocenters. The van der Waals surface area contributed by atoms with Gasteiger partial charge < -0.3 is 15.4 Å². The summed E-state index contributed by atoms with van der Waals surface area (Å²) >= 11 is 2.69. The minimum atomic E-state index is -0.520.